The van der Waals surface area contributed by atoms with E-state index in [1.807, 2.05) is 6.07 Å². The molecule has 0 unspecified atom stereocenters. The lowest BCUT2D eigenvalue weighted by atomic mass is 10.2. The van der Waals surface area contributed by atoms with E-state index in [-0.39, 0.29) is 16.7 Å². The molecule has 0 amide bonds. The van der Waals surface area contributed by atoms with Gasteiger partial charge in [0.25, 0.3) is 0 Å². The molecule has 1 heterocycles. The maximum absolute atomic E-state index is 11.5. The Morgan fingerprint density at radius 2 is 2.19 bits per heavy atom. The molecule has 1 fully saturated rings. The molecule has 1 aromatic rings. The summed E-state index contributed by atoms with van der Waals surface area (Å²) in [5, 5.41) is 0. The summed E-state index contributed by atoms with van der Waals surface area (Å²) >= 11 is 2.13. The SMILES string of the molecule is O=C(OC[C@H]1OC[C@@H](I)O1)c1ccccc1. The number of carbonyl (C=O) groups excluding carboxylic acids is 1. The second-order valence-electron chi connectivity index (χ2n) is 3.27. The first kappa shape index (κ1) is 11.8. The predicted octanol–water partition coefficient (Wildman–Crippen LogP) is 1.98. The van der Waals surface area contributed by atoms with Crippen LogP contribution in [0.15, 0.2) is 30.3 Å². The van der Waals surface area contributed by atoms with Crippen LogP contribution in [0.3, 0.4) is 0 Å². The average Bonchev–Trinajstić information content (AvgIpc) is 2.73. The second-order valence-corrected chi connectivity index (χ2v) is 4.66. The van der Waals surface area contributed by atoms with Crippen LogP contribution in [0.4, 0.5) is 0 Å². The fourth-order valence-corrected chi connectivity index (χ4v) is 1.85. The van der Waals surface area contributed by atoms with Crippen molar-refractivity contribution in [2.75, 3.05) is 13.2 Å². The molecule has 4 nitrogen and oxygen atoms in total. The highest BCUT2D eigenvalue weighted by atomic mass is 127. The molecule has 0 saturated carbocycles. The Morgan fingerprint density at radius 3 is 2.81 bits per heavy atom. The van der Waals surface area contributed by atoms with Gasteiger partial charge < -0.3 is 14.2 Å². The summed E-state index contributed by atoms with van der Waals surface area (Å²) in [5.41, 5.74) is 0.534. The highest BCUT2D eigenvalue weighted by molar-refractivity contribution is 14.1. The molecule has 0 aromatic heterocycles. The number of carbonyl (C=O) groups is 1. The molecule has 1 aliphatic heterocycles. The zero-order valence-electron chi connectivity index (χ0n) is 8.47. The monoisotopic (exact) mass is 334 g/mol. The normalized spacial score (nSPS) is 24.3. The molecule has 0 spiro atoms. The third-order valence-corrected chi connectivity index (χ3v) is 2.73. The van der Waals surface area contributed by atoms with Crippen LogP contribution in [0, 0.1) is 0 Å². The average molecular weight is 334 g/mol. The zero-order chi connectivity index (χ0) is 11.4. The number of esters is 1. The number of hydrogen-bond donors (Lipinski definition) is 0. The topological polar surface area (TPSA) is 44.8 Å². The van der Waals surface area contributed by atoms with Crippen molar-refractivity contribution in [2.24, 2.45) is 0 Å². The molecule has 0 radical (unpaired) electrons. The number of rotatable bonds is 3. The van der Waals surface area contributed by atoms with Gasteiger partial charge in [-0.05, 0) is 34.7 Å². The van der Waals surface area contributed by atoms with Crippen LogP contribution in [-0.2, 0) is 14.2 Å². The van der Waals surface area contributed by atoms with Gasteiger partial charge in [0.1, 0.15) is 10.7 Å². The first-order valence-corrected chi connectivity index (χ1v) is 6.13. The Labute approximate surface area is 107 Å². The van der Waals surface area contributed by atoms with Crippen LogP contribution < -0.4 is 0 Å². The molecule has 2 rings (SSSR count). The predicted molar refractivity (Wildman–Crippen MR) is 65.4 cm³/mol. The van der Waals surface area contributed by atoms with Gasteiger partial charge in [0.05, 0.1) is 12.2 Å². The quantitative estimate of drug-likeness (QED) is 0.482. The standard InChI is InChI=1S/C11H11IO4/c12-9-6-14-10(16-9)7-15-11(13)8-4-2-1-3-5-8/h1-5,9-10H,6-7H2/t9-,10-/m0/s1. The van der Waals surface area contributed by atoms with E-state index in [0.29, 0.717) is 12.2 Å². The van der Waals surface area contributed by atoms with Crippen molar-refractivity contribution in [3.05, 3.63) is 35.9 Å². The summed E-state index contributed by atoms with van der Waals surface area (Å²) in [5.74, 6) is -0.357. The Hall–Kier alpha value is -0.660. The first-order chi connectivity index (χ1) is 7.75. The fourth-order valence-electron chi connectivity index (χ4n) is 1.31. The van der Waals surface area contributed by atoms with Crippen LogP contribution in [0.25, 0.3) is 0 Å². The lowest BCUT2D eigenvalue weighted by Gasteiger charge is -2.09. The highest BCUT2D eigenvalue weighted by Crippen LogP contribution is 2.17. The first-order valence-electron chi connectivity index (χ1n) is 4.89. The lowest BCUT2D eigenvalue weighted by Crippen LogP contribution is -2.19. The van der Waals surface area contributed by atoms with Gasteiger partial charge in [-0.3, -0.25) is 0 Å². The Morgan fingerprint density at radius 1 is 1.44 bits per heavy atom. The molecule has 0 aliphatic carbocycles. The van der Waals surface area contributed by atoms with Crippen LogP contribution in [-0.4, -0.2) is 29.6 Å². The minimum Gasteiger partial charge on any atom is -0.457 e. The van der Waals surface area contributed by atoms with E-state index < -0.39 is 6.29 Å². The van der Waals surface area contributed by atoms with E-state index in [9.17, 15) is 4.79 Å². The van der Waals surface area contributed by atoms with Crippen LogP contribution >= 0.6 is 22.6 Å². The van der Waals surface area contributed by atoms with E-state index in [1.165, 1.54) is 0 Å². The Bertz CT molecular complexity index is 354. The van der Waals surface area contributed by atoms with Gasteiger partial charge in [-0.25, -0.2) is 4.79 Å². The largest absolute Gasteiger partial charge is 0.457 e. The van der Waals surface area contributed by atoms with Crippen molar-refractivity contribution in [1.82, 2.24) is 0 Å². The van der Waals surface area contributed by atoms with Gasteiger partial charge >= 0.3 is 5.97 Å². The molecule has 86 valence electrons. The summed E-state index contributed by atoms with van der Waals surface area (Å²) in [7, 11) is 0. The van der Waals surface area contributed by atoms with E-state index in [4.69, 9.17) is 14.2 Å². The molecule has 16 heavy (non-hydrogen) atoms. The van der Waals surface area contributed by atoms with E-state index in [0.717, 1.165) is 0 Å². The highest BCUT2D eigenvalue weighted by Gasteiger charge is 2.24. The molecule has 5 heteroatoms. The van der Waals surface area contributed by atoms with Crippen molar-refractivity contribution in [2.45, 2.75) is 10.4 Å². The molecule has 1 aliphatic rings. The molecule has 1 aromatic carbocycles. The second kappa shape index (κ2) is 5.60. The molecular formula is C11H11IO4. The minimum absolute atomic E-state index is 0.0398. The third kappa shape index (κ3) is 3.16. The summed E-state index contributed by atoms with van der Waals surface area (Å²) < 4.78 is 15.7. The minimum atomic E-state index is -0.436. The Balaban J connectivity index is 1.80. The zero-order valence-corrected chi connectivity index (χ0v) is 10.6. The van der Waals surface area contributed by atoms with Gasteiger partial charge in [0.2, 0.25) is 0 Å². The van der Waals surface area contributed by atoms with Gasteiger partial charge in [-0.1, -0.05) is 18.2 Å². The smallest absolute Gasteiger partial charge is 0.338 e. The van der Waals surface area contributed by atoms with Gasteiger partial charge in [0, 0.05) is 0 Å². The Kier molecular flexibility index (Phi) is 4.14. The maximum atomic E-state index is 11.5. The number of hydrogen-bond acceptors (Lipinski definition) is 4. The maximum Gasteiger partial charge on any atom is 0.338 e. The molecular weight excluding hydrogens is 323 g/mol. The molecule has 0 N–H and O–H groups in total. The number of alkyl halides is 1. The van der Waals surface area contributed by atoms with Crippen molar-refractivity contribution in [1.29, 1.82) is 0 Å². The summed E-state index contributed by atoms with van der Waals surface area (Å²) in [6.07, 6.45) is -0.436. The molecule has 2 atom stereocenters. The van der Waals surface area contributed by atoms with Gasteiger partial charge in [0.15, 0.2) is 6.29 Å². The van der Waals surface area contributed by atoms with Crippen LogP contribution in [0.2, 0.25) is 0 Å². The summed E-state index contributed by atoms with van der Waals surface area (Å²) in [4.78, 5) is 11.5. The van der Waals surface area contributed by atoms with Crippen molar-refractivity contribution in [3.63, 3.8) is 0 Å². The summed E-state index contributed by atoms with van der Waals surface area (Å²) in [6.45, 7) is 0.668. The van der Waals surface area contributed by atoms with E-state index in [2.05, 4.69) is 22.6 Å². The number of halogens is 1. The van der Waals surface area contributed by atoms with Gasteiger partial charge in [-0.15, -0.1) is 0 Å². The number of ether oxygens (including phenoxy) is 3. The van der Waals surface area contributed by atoms with Crippen LogP contribution in [0.1, 0.15) is 10.4 Å². The van der Waals surface area contributed by atoms with Crippen molar-refractivity contribution < 1.29 is 19.0 Å². The van der Waals surface area contributed by atoms with Crippen molar-refractivity contribution >= 4 is 28.6 Å². The number of benzene rings is 1. The third-order valence-electron chi connectivity index (χ3n) is 2.07. The lowest BCUT2D eigenvalue weighted by molar-refractivity contribution is -0.0826. The molecule has 0 bridgehead atoms. The molecule has 1 saturated heterocycles. The van der Waals surface area contributed by atoms with Gasteiger partial charge in [-0.2, -0.15) is 0 Å². The van der Waals surface area contributed by atoms with E-state index in [1.54, 1.807) is 24.3 Å². The van der Waals surface area contributed by atoms with Crippen molar-refractivity contribution in [3.8, 4) is 0 Å². The fraction of sp³-hybridized carbons (Fsp3) is 0.364. The van der Waals surface area contributed by atoms with E-state index >= 15 is 0 Å². The summed E-state index contributed by atoms with van der Waals surface area (Å²) in [6, 6.07) is 8.85. The van der Waals surface area contributed by atoms with Crippen LogP contribution in [0.5, 0.6) is 0 Å².